The highest BCUT2D eigenvalue weighted by Gasteiger charge is 2.17. The van der Waals surface area contributed by atoms with E-state index in [0.717, 1.165) is 28.0 Å². The first-order chi connectivity index (χ1) is 9.76. The molecular weight excluding hydrogens is 340 g/mol. The number of nitrogens with two attached hydrogens (primary N) is 1. The minimum atomic E-state index is 0.0522. The van der Waals surface area contributed by atoms with Gasteiger partial charge in [0.15, 0.2) is 11.5 Å². The van der Waals surface area contributed by atoms with Crippen molar-refractivity contribution < 1.29 is 9.47 Å². The summed E-state index contributed by atoms with van der Waals surface area (Å²) in [5, 5.41) is 2.08. The molecule has 0 bridgehead atoms. The van der Waals surface area contributed by atoms with Crippen LogP contribution in [0.5, 0.6) is 11.5 Å². The molecule has 4 nitrogen and oxygen atoms in total. The van der Waals surface area contributed by atoms with Gasteiger partial charge in [-0.25, -0.2) is 0 Å². The van der Waals surface area contributed by atoms with Crippen LogP contribution in [0.15, 0.2) is 34.1 Å². The largest absolute Gasteiger partial charge is 0.486 e. The standard InChI is InChI=1S/C14H15BrN2O2S/c15-10-6-11(20-8-10)7-12(17-16)9-1-2-13-14(5-9)19-4-3-18-13/h1-2,5-6,8,12,17H,3-4,7,16H2. The molecule has 2 heterocycles. The van der Waals surface area contributed by atoms with Crippen LogP contribution in [0, 0.1) is 0 Å². The highest BCUT2D eigenvalue weighted by Crippen LogP contribution is 2.34. The van der Waals surface area contributed by atoms with Crippen molar-refractivity contribution in [3.63, 3.8) is 0 Å². The minimum absolute atomic E-state index is 0.0522. The fraction of sp³-hybridized carbons (Fsp3) is 0.286. The summed E-state index contributed by atoms with van der Waals surface area (Å²) in [5.41, 5.74) is 3.98. The summed E-state index contributed by atoms with van der Waals surface area (Å²) < 4.78 is 12.3. The lowest BCUT2D eigenvalue weighted by atomic mass is 10.0. The molecule has 1 atom stereocenters. The van der Waals surface area contributed by atoms with Crippen molar-refractivity contribution in [3.8, 4) is 11.5 Å². The smallest absolute Gasteiger partial charge is 0.161 e. The number of hydrogen-bond acceptors (Lipinski definition) is 5. The predicted molar refractivity (Wildman–Crippen MR) is 83.2 cm³/mol. The molecule has 0 spiro atoms. The van der Waals surface area contributed by atoms with Crippen molar-refractivity contribution in [1.82, 2.24) is 5.43 Å². The molecule has 1 aromatic heterocycles. The van der Waals surface area contributed by atoms with Crippen molar-refractivity contribution in [2.45, 2.75) is 12.5 Å². The Labute approximate surface area is 130 Å². The first-order valence-corrected chi connectivity index (χ1v) is 8.02. The van der Waals surface area contributed by atoms with Crippen LogP contribution in [0.3, 0.4) is 0 Å². The zero-order valence-electron chi connectivity index (χ0n) is 10.8. The van der Waals surface area contributed by atoms with E-state index in [1.165, 1.54) is 4.88 Å². The van der Waals surface area contributed by atoms with Gasteiger partial charge >= 0.3 is 0 Å². The van der Waals surface area contributed by atoms with Crippen molar-refractivity contribution in [2.75, 3.05) is 13.2 Å². The molecule has 1 aliphatic rings. The number of hydrazine groups is 1. The average Bonchev–Trinajstić information content (AvgIpc) is 2.89. The second-order valence-corrected chi connectivity index (χ2v) is 6.47. The van der Waals surface area contributed by atoms with Crippen LogP contribution in [-0.2, 0) is 6.42 Å². The molecule has 106 valence electrons. The monoisotopic (exact) mass is 354 g/mol. The Balaban J connectivity index is 1.81. The van der Waals surface area contributed by atoms with E-state index in [1.807, 2.05) is 18.2 Å². The Morgan fingerprint density at radius 2 is 2.05 bits per heavy atom. The number of halogens is 1. The van der Waals surface area contributed by atoms with Crippen LogP contribution in [0.25, 0.3) is 0 Å². The summed E-state index contributed by atoms with van der Waals surface area (Å²) in [6.07, 6.45) is 0.840. The molecule has 1 aromatic carbocycles. The first kappa shape index (κ1) is 13.9. The quantitative estimate of drug-likeness (QED) is 0.654. The van der Waals surface area contributed by atoms with Crippen LogP contribution in [0.2, 0.25) is 0 Å². The predicted octanol–water partition coefficient (Wildman–Crippen LogP) is 3.03. The molecule has 0 fully saturated rings. The van der Waals surface area contributed by atoms with E-state index < -0.39 is 0 Å². The summed E-state index contributed by atoms with van der Waals surface area (Å²) in [7, 11) is 0. The minimum Gasteiger partial charge on any atom is -0.486 e. The lowest BCUT2D eigenvalue weighted by Gasteiger charge is -2.21. The molecule has 1 unspecified atom stereocenters. The summed E-state index contributed by atoms with van der Waals surface area (Å²) >= 11 is 5.19. The van der Waals surface area contributed by atoms with Gasteiger partial charge in [-0.1, -0.05) is 6.07 Å². The number of ether oxygens (including phenoxy) is 2. The molecule has 20 heavy (non-hydrogen) atoms. The molecule has 0 aliphatic carbocycles. The Hall–Kier alpha value is -1.08. The number of thiophene rings is 1. The fourth-order valence-electron chi connectivity index (χ4n) is 2.21. The van der Waals surface area contributed by atoms with Gasteiger partial charge in [0.2, 0.25) is 0 Å². The molecule has 0 saturated heterocycles. The van der Waals surface area contributed by atoms with Gasteiger partial charge < -0.3 is 9.47 Å². The van der Waals surface area contributed by atoms with Crippen LogP contribution in [0.4, 0.5) is 0 Å². The average molecular weight is 355 g/mol. The highest BCUT2D eigenvalue weighted by molar-refractivity contribution is 9.10. The number of fused-ring (bicyclic) bond motifs is 1. The van der Waals surface area contributed by atoms with Gasteiger partial charge in [0.1, 0.15) is 13.2 Å². The maximum Gasteiger partial charge on any atom is 0.161 e. The second kappa shape index (κ2) is 6.13. The number of rotatable bonds is 4. The molecule has 0 radical (unpaired) electrons. The summed E-state index contributed by atoms with van der Waals surface area (Å²) in [4.78, 5) is 1.27. The molecule has 2 aromatic rings. The molecule has 6 heteroatoms. The third-order valence-electron chi connectivity index (χ3n) is 3.20. The van der Waals surface area contributed by atoms with Crippen molar-refractivity contribution in [2.24, 2.45) is 5.84 Å². The second-order valence-electron chi connectivity index (χ2n) is 4.56. The van der Waals surface area contributed by atoms with E-state index in [0.29, 0.717) is 13.2 Å². The zero-order valence-corrected chi connectivity index (χ0v) is 13.2. The Morgan fingerprint density at radius 1 is 1.25 bits per heavy atom. The van der Waals surface area contributed by atoms with E-state index in [4.69, 9.17) is 15.3 Å². The van der Waals surface area contributed by atoms with Gasteiger partial charge in [-0.2, -0.15) is 0 Å². The molecular formula is C14H15BrN2O2S. The van der Waals surface area contributed by atoms with Gasteiger partial charge in [0.25, 0.3) is 0 Å². The normalized spacial score (nSPS) is 15.1. The maximum absolute atomic E-state index is 5.71. The molecule has 1 aliphatic heterocycles. The zero-order chi connectivity index (χ0) is 13.9. The van der Waals surface area contributed by atoms with Crippen LogP contribution < -0.4 is 20.7 Å². The summed E-state index contributed by atoms with van der Waals surface area (Å²) in [5.74, 6) is 7.30. The lowest BCUT2D eigenvalue weighted by molar-refractivity contribution is 0.171. The van der Waals surface area contributed by atoms with Gasteiger partial charge in [0, 0.05) is 21.2 Å². The fourth-order valence-corrected chi connectivity index (χ4v) is 3.71. The highest BCUT2D eigenvalue weighted by atomic mass is 79.9. The molecule has 3 N–H and O–H groups in total. The third-order valence-corrected chi connectivity index (χ3v) is 4.92. The van der Waals surface area contributed by atoms with Gasteiger partial charge in [-0.3, -0.25) is 11.3 Å². The van der Waals surface area contributed by atoms with Gasteiger partial charge in [-0.05, 0) is 39.7 Å². The van der Waals surface area contributed by atoms with E-state index >= 15 is 0 Å². The SMILES string of the molecule is NNC(Cc1cc(Br)cs1)c1ccc2c(c1)OCCO2. The van der Waals surface area contributed by atoms with Gasteiger partial charge in [0.05, 0.1) is 6.04 Å². The number of hydrogen-bond donors (Lipinski definition) is 2. The van der Waals surface area contributed by atoms with E-state index in [9.17, 15) is 0 Å². The number of benzene rings is 1. The molecule has 3 rings (SSSR count). The van der Waals surface area contributed by atoms with Crippen molar-refractivity contribution in [3.05, 3.63) is 44.6 Å². The van der Waals surface area contributed by atoms with Crippen molar-refractivity contribution in [1.29, 1.82) is 0 Å². The van der Waals surface area contributed by atoms with Crippen LogP contribution in [-0.4, -0.2) is 13.2 Å². The Morgan fingerprint density at radius 3 is 2.75 bits per heavy atom. The first-order valence-electron chi connectivity index (χ1n) is 6.35. The lowest BCUT2D eigenvalue weighted by Crippen LogP contribution is -2.29. The maximum atomic E-state index is 5.71. The third kappa shape index (κ3) is 2.98. The van der Waals surface area contributed by atoms with Crippen LogP contribution >= 0.6 is 27.3 Å². The van der Waals surface area contributed by atoms with Crippen molar-refractivity contribution >= 4 is 27.3 Å². The summed E-state index contributed by atoms with van der Waals surface area (Å²) in [6, 6.07) is 8.14. The van der Waals surface area contributed by atoms with E-state index in [2.05, 4.69) is 32.8 Å². The van der Waals surface area contributed by atoms with Crippen LogP contribution in [0.1, 0.15) is 16.5 Å². The topological polar surface area (TPSA) is 56.5 Å². The Bertz CT molecular complexity index is 603. The van der Waals surface area contributed by atoms with E-state index in [1.54, 1.807) is 11.3 Å². The van der Waals surface area contributed by atoms with E-state index in [-0.39, 0.29) is 6.04 Å². The molecule has 0 saturated carbocycles. The number of nitrogens with one attached hydrogen (secondary N) is 1. The molecule has 0 amide bonds. The summed E-state index contributed by atoms with van der Waals surface area (Å²) in [6.45, 7) is 1.20. The van der Waals surface area contributed by atoms with Gasteiger partial charge in [-0.15, -0.1) is 11.3 Å². The Kier molecular flexibility index (Phi) is 4.26.